The number of morpholine rings is 1. The zero-order valence-corrected chi connectivity index (χ0v) is 10.9. The van der Waals surface area contributed by atoms with E-state index >= 15 is 0 Å². The molecule has 4 nitrogen and oxygen atoms in total. The van der Waals surface area contributed by atoms with E-state index in [1.165, 1.54) is 4.31 Å². The van der Waals surface area contributed by atoms with Gasteiger partial charge in [0.1, 0.15) is 0 Å². The summed E-state index contributed by atoms with van der Waals surface area (Å²) < 4.78 is 30.8. The lowest BCUT2D eigenvalue weighted by Crippen LogP contribution is -2.51. The Morgan fingerprint density at radius 1 is 1.47 bits per heavy atom. The van der Waals surface area contributed by atoms with Crippen LogP contribution in [0.25, 0.3) is 0 Å². The van der Waals surface area contributed by atoms with E-state index in [1.807, 2.05) is 6.92 Å². The summed E-state index contributed by atoms with van der Waals surface area (Å²) in [5, 5.41) is -0.390. The second-order valence-corrected chi connectivity index (χ2v) is 6.93. The van der Waals surface area contributed by atoms with Crippen LogP contribution in [0.5, 0.6) is 0 Å². The predicted octanol–water partition coefficient (Wildman–Crippen LogP) is 1.05. The minimum Gasteiger partial charge on any atom is -0.371 e. The Balaban J connectivity index is 2.78. The van der Waals surface area contributed by atoms with Crippen LogP contribution in [0.2, 0.25) is 0 Å². The molecule has 0 spiro atoms. The van der Waals surface area contributed by atoms with E-state index in [2.05, 4.69) is 0 Å². The Kier molecular flexibility index (Phi) is 4.40. The molecule has 1 heterocycles. The van der Waals surface area contributed by atoms with Crippen LogP contribution in [0, 0.1) is 0 Å². The summed E-state index contributed by atoms with van der Waals surface area (Å²) >= 11 is 5.69. The first-order valence-electron chi connectivity index (χ1n) is 5.08. The SMILES string of the molecule is CC1CN(S(=O)(=O)C(C)C)CC(CCl)O1. The molecule has 0 aromatic rings. The van der Waals surface area contributed by atoms with E-state index in [-0.39, 0.29) is 12.2 Å². The molecule has 1 aliphatic rings. The van der Waals surface area contributed by atoms with Gasteiger partial charge in [-0.3, -0.25) is 0 Å². The summed E-state index contributed by atoms with van der Waals surface area (Å²) in [6, 6.07) is 0. The fourth-order valence-electron chi connectivity index (χ4n) is 1.59. The molecule has 0 aromatic carbocycles. The number of ether oxygens (including phenoxy) is 1. The van der Waals surface area contributed by atoms with Gasteiger partial charge in [0.05, 0.1) is 17.5 Å². The second kappa shape index (κ2) is 4.99. The number of halogens is 1. The van der Waals surface area contributed by atoms with Gasteiger partial charge in [0.2, 0.25) is 10.0 Å². The Bertz CT molecular complexity index is 304. The van der Waals surface area contributed by atoms with Crippen LogP contribution in [0.4, 0.5) is 0 Å². The van der Waals surface area contributed by atoms with Crippen LogP contribution in [0.15, 0.2) is 0 Å². The molecule has 0 saturated carbocycles. The van der Waals surface area contributed by atoms with Crippen molar-refractivity contribution in [1.82, 2.24) is 4.31 Å². The standard InChI is InChI=1S/C9H18ClNO3S/c1-7(2)15(12,13)11-5-8(3)14-9(4-10)6-11/h7-9H,4-6H2,1-3H3. The minimum atomic E-state index is -3.18. The summed E-state index contributed by atoms with van der Waals surface area (Å²) in [7, 11) is -3.18. The summed E-state index contributed by atoms with van der Waals surface area (Å²) in [6.07, 6.45) is -0.278. The van der Waals surface area contributed by atoms with Crippen LogP contribution < -0.4 is 0 Å². The van der Waals surface area contributed by atoms with Crippen molar-refractivity contribution in [3.05, 3.63) is 0 Å². The van der Waals surface area contributed by atoms with Crippen molar-refractivity contribution in [2.45, 2.75) is 38.2 Å². The molecular weight excluding hydrogens is 238 g/mol. The van der Waals surface area contributed by atoms with Crippen LogP contribution in [-0.4, -0.2) is 49.2 Å². The Morgan fingerprint density at radius 3 is 2.53 bits per heavy atom. The maximum Gasteiger partial charge on any atom is 0.216 e. The van der Waals surface area contributed by atoms with E-state index < -0.39 is 15.3 Å². The first kappa shape index (κ1) is 13.2. The summed E-state index contributed by atoms with van der Waals surface area (Å²) in [6.45, 7) is 6.03. The third-order valence-electron chi connectivity index (χ3n) is 2.42. The van der Waals surface area contributed by atoms with Crippen molar-refractivity contribution in [1.29, 1.82) is 0 Å². The number of hydrogen-bond acceptors (Lipinski definition) is 3. The molecule has 0 radical (unpaired) electrons. The molecule has 2 unspecified atom stereocenters. The van der Waals surface area contributed by atoms with Crippen molar-refractivity contribution >= 4 is 21.6 Å². The van der Waals surface area contributed by atoms with Gasteiger partial charge in [-0.2, -0.15) is 4.31 Å². The average molecular weight is 256 g/mol. The summed E-state index contributed by atoms with van der Waals surface area (Å²) in [4.78, 5) is 0. The third-order valence-corrected chi connectivity index (χ3v) is 4.97. The zero-order chi connectivity index (χ0) is 11.6. The van der Waals surface area contributed by atoms with Gasteiger partial charge in [-0.15, -0.1) is 11.6 Å². The van der Waals surface area contributed by atoms with Crippen molar-refractivity contribution in [2.24, 2.45) is 0 Å². The van der Waals surface area contributed by atoms with E-state index in [9.17, 15) is 8.42 Å². The van der Waals surface area contributed by atoms with Crippen LogP contribution in [-0.2, 0) is 14.8 Å². The smallest absolute Gasteiger partial charge is 0.216 e. The van der Waals surface area contributed by atoms with Crippen LogP contribution in [0.1, 0.15) is 20.8 Å². The Morgan fingerprint density at radius 2 is 2.07 bits per heavy atom. The fourth-order valence-corrected chi connectivity index (χ4v) is 3.15. The van der Waals surface area contributed by atoms with Gasteiger partial charge in [-0.05, 0) is 20.8 Å². The van der Waals surface area contributed by atoms with E-state index in [1.54, 1.807) is 13.8 Å². The number of sulfonamides is 1. The lowest BCUT2D eigenvalue weighted by molar-refractivity contribution is -0.0424. The van der Waals surface area contributed by atoms with Gasteiger partial charge in [0, 0.05) is 19.0 Å². The number of rotatable bonds is 3. The van der Waals surface area contributed by atoms with E-state index in [4.69, 9.17) is 16.3 Å². The third kappa shape index (κ3) is 3.06. The molecule has 1 aliphatic heterocycles. The Hall–Kier alpha value is 0.160. The molecule has 0 N–H and O–H groups in total. The molecular formula is C9H18ClNO3S. The summed E-state index contributed by atoms with van der Waals surface area (Å²) in [5.41, 5.74) is 0. The van der Waals surface area contributed by atoms with Crippen LogP contribution in [0.3, 0.4) is 0 Å². The maximum atomic E-state index is 11.9. The highest BCUT2D eigenvalue weighted by Gasteiger charge is 2.33. The van der Waals surface area contributed by atoms with Crippen molar-refractivity contribution in [2.75, 3.05) is 19.0 Å². The fraction of sp³-hybridized carbons (Fsp3) is 1.00. The number of nitrogens with zero attached hydrogens (tertiary/aromatic N) is 1. The molecule has 0 bridgehead atoms. The lowest BCUT2D eigenvalue weighted by atomic mass is 10.3. The van der Waals surface area contributed by atoms with Gasteiger partial charge in [0.25, 0.3) is 0 Å². The van der Waals surface area contributed by atoms with Gasteiger partial charge >= 0.3 is 0 Å². The van der Waals surface area contributed by atoms with Crippen molar-refractivity contribution < 1.29 is 13.2 Å². The molecule has 0 amide bonds. The first-order chi connectivity index (χ1) is 6.87. The highest BCUT2D eigenvalue weighted by molar-refractivity contribution is 7.89. The average Bonchev–Trinajstić information content (AvgIpc) is 2.16. The van der Waals surface area contributed by atoms with Gasteiger partial charge in [-0.1, -0.05) is 0 Å². The van der Waals surface area contributed by atoms with Gasteiger partial charge < -0.3 is 4.74 Å². The van der Waals surface area contributed by atoms with Gasteiger partial charge in [-0.25, -0.2) is 8.42 Å². The van der Waals surface area contributed by atoms with Crippen molar-refractivity contribution in [3.63, 3.8) is 0 Å². The molecule has 2 atom stereocenters. The number of alkyl halides is 1. The lowest BCUT2D eigenvalue weighted by Gasteiger charge is -2.36. The first-order valence-corrected chi connectivity index (χ1v) is 7.12. The zero-order valence-electron chi connectivity index (χ0n) is 9.31. The monoisotopic (exact) mass is 255 g/mol. The topological polar surface area (TPSA) is 46.6 Å². The highest BCUT2D eigenvalue weighted by atomic mass is 35.5. The van der Waals surface area contributed by atoms with Gasteiger partial charge in [0.15, 0.2) is 0 Å². The summed E-state index contributed by atoms with van der Waals surface area (Å²) in [5.74, 6) is 0.328. The predicted molar refractivity (Wildman–Crippen MR) is 60.7 cm³/mol. The second-order valence-electron chi connectivity index (χ2n) is 4.13. The largest absolute Gasteiger partial charge is 0.371 e. The van der Waals surface area contributed by atoms with E-state index in [0.717, 1.165) is 0 Å². The molecule has 1 rings (SSSR count). The molecule has 15 heavy (non-hydrogen) atoms. The van der Waals surface area contributed by atoms with E-state index in [0.29, 0.717) is 19.0 Å². The molecule has 0 aromatic heterocycles. The number of hydrogen-bond donors (Lipinski definition) is 0. The molecule has 6 heteroatoms. The molecule has 1 fully saturated rings. The quantitative estimate of drug-likeness (QED) is 0.709. The molecule has 1 saturated heterocycles. The Labute approximate surface area is 96.6 Å². The highest BCUT2D eigenvalue weighted by Crippen LogP contribution is 2.18. The molecule has 0 aliphatic carbocycles. The maximum absolute atomic E-state index is 11.9. The molecule has 90 valence electrons. The van der Waals surface area contributed by atoms with Crippen molar-refractivity contribution in [3.8, 4) is 0 Å². The normalized spacial score (nSPS) is 29.7. The van der Waals surface area contributed by atoms with Crippen LogP contribution >= 0.6 is 11.6 Å². The minimum absolute atomic E-state index is 0.0870.